The first-order valence-corrected chi connectivity index (χ1v) is 12.3. The summed E-state index contributed by atoms with van der Waals surface area (Å²) in [5, 5.41) is 0. The van der Waals surface area contributed by atoms with E-state index in [1.165, 1.54) is 50.5 Å². The van der Waals surface area contributed by atoms with Crippen LogP contribution in [0.25, 0.3) is 11.4 Å². The Morgan fingerprint density at radius 2 is 1.50 bits per heavy atom. The number of aromatic nitrogens is 2. The van der Waals surface area contributed by atoms with E-state index in [1.54, 1.807) is 12.1 Å². The Bertz CT molecular complexity index is 759. The molecular weight excluding hydrogens is 400 g/mol. The first-order chi connectivity index (χ1) is 15.6. The molecule has 0 radical (unpaired) electrons. The van der Waals surface area contributed by atoms with Crippen LogP contribution < -0.4 is 4.74 Å². The molecule has 32 heavy (non-hydrogen) atoms. The Balaban J connectivity index is 1.75. The van der Waals surface area contributed by atoms with Gasteiger partial charge in [0.2, 0.25) is 0 Å². The maximum atomic E-state index is 12.2. The highest BCUT2D eigenvalue weighted by molar-refractivity contribution is 5.75. The van der Waals surface area contributed by atoms with Crippen molar-refractivity contribution < 1.29 is 14.3 Å². The normalized spacial score (nSPS) is 12.0. The molecule has 0 fully saturated rings. The maximum Gasteiger partial charge on any atom is 0.316 e. The molecule has 0 N–H and O–H groups in total. The van der Waals surface area contributed by atoms with Crippen molar-refractivity contribution in [3.05, 3.63) is 42.2 Å². The number of aryl methyl sites for hydroxylation is 1. The largest absolute Gasteiger partial charge is 0.426 e. The quantitative estimate of drug-likeness (QED) is 0.163. The van der Waals surface area contributed by atoms with E-state index in [0.717, 1.165) is 24.8 Å². The summed E-state index contributed by atoms with van der Waals surface area (Å²) >= 11 is 0. The lowest BCUT2D eigenvalue weighted by Crippen LogP contribution is -2.22. The molecule has 5 nitrogen and oxygen atoms in total. The van der Waals surface area contributed by atoms with Gasteiger partial charge in [0, 0.05) is 24.6 Å². The van der Waals surface area contributed by atoms with Crippen molar-refractivity contribution in [3.8, 4) is 17.1 Å². The summed E-state index contributed by atoms with van der Waals surface area (Å²) in [4.78, 5) is 21.3. The Morgan fingerprint density at radius 3 is 2.16 bits per heavy atom. The number of esters is 1. The van der Waals surface area contributed by atoms with Crippen molar-refractivity contribution in [1.29, 1.82) is 0 Å². The van der Waals surface area contributed by atoms with Crippen LogP contribution in [-0.2, 0) is 16.0 Å². The molecule has 0 amide bonds. The number of ether oxygens (including phenoxy) is 2. The molecule has 1 aromatic heterocycles. The highest BCUT2D eigenvalue weighted by Gasteiger charge is 2.15. The second kappa shape index (κ2) is 15.5. The number of rotatable bonds is 16. The fourth-order valence-electron chi connectivity index (χ4n) is 3.38. The number of carbonyl (C=O) groups excluding carboxylic acids is 1. The van der Waals surface area contributed by atoms with Gasteiger partial charge < -0.3 is 9.47 Å². The number of carbonyl (C=O) groups is 1. The van der Waals surface area contributed by atoms with Crippen LogP contribution in [0.1, 0.15) is 84.1 Å². The molecule has 176 valence electrons. The summed E-state index contributed by atoms with van der Waals surface area (Å²) in [6.45, 7) is 7.25. The molecule has 0 saturated carbocycles. The predicted octanol–water partition coefficient (Wildman–Crippen LogP) is 6.79. The van der Waals surface area contributed by atoms with Crippen LogP contribution in [0.4, 0.5) is 0 Å². The molecule has 0 aliphatic rings. The standard InChI is InChI=1S/C27H40N2O3/c1-4-6-8-9-10-11-12-13-23-19-28-26(29-20-23)24-14-16-25(17-15-24)32-27(30)22(3)21-31-18-7-5-2/h14-17,19-20,22H,4-13,18,21H2,1-3H3. The second-order valence-electron chi connectivity index (χ2n) is 8.56. The molecule has 1 unspecified atom stereocenters. The Hall–Kier alpha value is -2.27. The van der Waals surface area contributed by atoms with Crippen LogP contribution >= 0.6 is 0 Å². The van der Waals surface area contributed by atoms with E-state index in [2.05, 4.69) is 23.8 Å². The van der Waals surface area contributed by atoms with Crippen molar-refractivity contribution in [2.45, 2.75) is 85.0 Å². The van der Waals surface area contributed by atoms with Gasteiger partial charge in [-0.1, -0.05) is 58.8 Å². The van der Waals surface area contributed by atoms with Crippen molar-refractivity contribution >= 4 is 5.97 Å². The molecule has 1 atom stereocenters. The van der Waals surface area contributed by atoms with Crippen molar-refractivity contribution in [2.75, 3.05) is 13.2 Å². The van der Waals surface area contributed by atoms with Gasteiger partial charge >= 0.3 is 5.97 Å². The Kier molecular flexibility index (Phi) is 12.6. The smallest absolute Gasteiger partial charge is 0.316 e. The number of unbranched alkanes of at least 4 members (excludes halogenated alkanes) is 7. The molecular formula is C27H40N2O3. The minimum absolute atomic E-state index is 0.278. The van der Waals surface area contributed by atoms with E-state index < -0.39 is 0 Å². The fraction of sp³-hybridized carbons (Fsp3) is 0.593. The molecule has 0 spiro atoms. The zero-order chi connectivity index (χ0) is 23.0. The molecule has 0 saturated heterocycles. The summed E-state index contributed by atoms with van der Waals surface area (Å²) in [7, 11) is 0. The third-order valence-corrected chi connectivity index (χ3v) is 5.52. The van der Waals surface area contributed by atoms with Gasteiger partial charge in [0.15, 0.2) is 5.82 Å². The number of hydrogen-bond acceptors (Lipinski definition) is 5. The van der Waals surface area contributed by atoms with Gasteiger partial charge in [0.25, 0.3) is 0 Å². The Morgan fingerprint density at radius 1 is 0.875 bits per heavy atom. The lowest BCUT2D eigenvalue weighted by Gasteiger charge is -2.12. The minimum atomic E-state index is -0.293. The van der Waals surface area contributed by atoms with Crippen LogP contribution in [0.3, 0.4) is 0 Å². The van der Waals surface area contributed by atoms with Gasteiger partial charge in [-0.25, -0.2) is 9.97 Å². The van der Waals surface area contributed by atoms with E-state index in [4.69, 9.17) is 9.47 Å². The first-order valence-electron chi connectivity index (χ1n) is 12.3. The number of hydrogen-bond donors (Lipinski definition) is 0. The van der Waals surface area contributed by atoms with E-state index >= 15 is 0 Å². The molecule has 5 heteroatoms. The van der Waals surface area contributed by atoms with Crippen LogP contribution in [0.15, 0.2) is 36.7 Å². The SMILES string of the molecule is CCCCCCCCCc1cnc(-c2ccc(OC(=O)C(C)COCCCC)cc2)nc1. The molecule has 2 aromatic rings. The maximum absolute atomic E-state index is 12.2. The van der Waals surface area contributed by atoms with Crippen molar-refractivity contribution in [2.24, 2.45) is 5.92 Å². The van der Waals surface area contributed by atoms with Gasteiger partial charge in [0.05, 0.1) is 12.5 Å². The van der Waals surface area contributed by atoms with E-state index in [1.807, 2.05) is 31.5 Å². The average Bonchev–Trinajstić information content (AvgIpc) is 2.82. The Labute approximate surface area is 194 Å². The molecule has 0 aliphatic heterocycles. The topological polar surface area (TPSA) is 61.3 Å². The van der Waals surface area contributed by atoms with Crippen molar-refractivity contribution in [1.82, 2.24) is 9.97 Å². The average molecular weight is 441 g/mol. The molecule has 0 bridgehead atoms. The summed E-state index contributed by atoms with van der Waals surface area (Å²) in [5.41, 5.74) is 2.09. The van der Waals surface area contributed by atoms with Gasteiger partial charge in [-0.2, -0.15) is 0 Å². The van der Waals surface area contributed by atoms with Gasteiger partial charge in [-0.05, 0) is 56.0 Å². The number of nitrogens with zero attached hydrogens (tertiary/aromatic N) is 2. The van der Waals surface area contributed by atoms with Gasteiger partial charge in [0.1, 0.15) is 5.75 Å². The lowest BCUT2D eigenvalue weighted by atomic mass is 10.1. The molecule has 0 aliphatic carbocycles. The van der Waals surface area contributed by atoms with Gasteiger partial charge in [-0.3, -0.25) is 4.79 Å². The summed E-state index contributed by atoms with van der Waals surface area (Å²) in [6, 6.07) is 7.34. The zero-order valence-corrected chi connectivity index (χ0v) is 20.1. The van der Waals surface area contributed by atoms with E-state index in [-0.39, 0.29) is 11.9 Å². The third-order valence-electron chi connectivity index (χ3n) is 5.52. The fourth-order valence-corrected chi connectivity index (χ4v) is 3.38. The lowest BCUT2D eigenvalue weighted by molar-refractivity contribution is -0.140. The molecule has 1 aromatic carbocycles. The predicted molar refractivity (Wildman–Crippen MR) is 130 cm³/mol. The van der Waals surface area contributed by atoms with E-state index in [0.29, 0.717) is 24.8 Å². The molecule has 2 rings (SSSR count). The zero-order valence-electron chi connectivity index (χ0n) is 20.1. The molecule has 1 heterocycles. The van der Waals surface area contributed by atoms with Gasteiger partial charge in [-0.15, -0.1) is 0 Å². The highest BCUT2D eigenvalue weighted by Crippen LogP contribution is 2.20. The van der Waals surface area contributed by atoms with Crippen LogP contribution in [0, 0.1) is 5.92 Å². The minimum Gasteiger partial charge on any atom is -0.426 e. The number of benzene rings is 1. The highest BCUT2D eigenvalue weighted by atomic mass is 16.5. The van der Waals surface area contributed by atoms with Crippen LogP contribution in [0.5, 0.6) is 5.75 Å². The first kappa shape index (κ1) is 26.0. The third kappa shape index (κ3) is 9.90. The monoisotopic (exact) mass is 440 g/mol. The summed E-state index contributed by atoms with van der Waals surface area (Å²) in [6.07, 6.45) is 16.1. The second-order valence-corrected chi connectivity index (χ2v) is 8.56. The van der Waals surface area contributed by atoms with Crippen LogP contribution in [-0.4, -0.2) is 29.2 Å². The van der Waals surface area contributed by atoms with Crippen LogP contribution in [0.2, 0.25) is 0 Å². The summed E-state index contributed by atoms with van der Waals surface area (Å²) < 4.78 is 11.0. The van der Waals surface area contributed by atoms with E-state index in [9.17, 15) is 4.79 Å². The summed E-state index contributed by atoms with van der Waals surface area (Å²) in [5.74, 6) is 0.637. The van der Waals surface area contributed by atoms with Crippen molar-refractivity contribution in [3.63, 3.8) is 0 Å².